The monoisotopic (exact) mass is 295 g/mol. The van der Waals surface area contributed by atoms with Gasteiger partial charge in [-0.2, -0.15) is 0 Å². The third-order valence-corrected chi connectivity index (χ3v) is 4.15. The summed E-state index contributed by atoms with van der Waals surface area (Å²) in [6.07, 6.45) is -0.643. The zero-order chi connectivity index (χ0) is 14.5. The van der Waals surface area contributed by atoms with E-state index in [2.05, 4.69) is 0 Å². The summed E-state index contributed by atoms with van der Waals surface area (Å²) >= 11 is 1.45. The molecule has 1 aliphatic rings. The number of rotatable bonds is 5. The van der Waals surface area contributed by atoms with Gasteiger partial charge >= 0.3 is 5.97 Å². The molecule has 2 rings (SSSR count). The summed E-state index contributed by atoms with van der Waals surface area (Å²) in [6.45, 7) is 2.00. The topological polar surface area (TPSA) is 66.8 Å². The molecule has 1 aliphatic heterocycles. The zero-order valence-electron chi connectivity index (χ0n) is 11.2. The number of thioether (sulfide) groups is 1. The van der Waals surface area contributed by atoms with Gasteiger partial charge in [0.1, 0.15) is 12.1 Å². The number of nitrogens with zero attached hydrogens (tertiary/aromatic N) is 1. The lowest BCUT2D eigenvalue weighted by Gasteiger charge is -2.24. The fourth-order valence-corrected chi connectivity index (χ4v) is 3.12. The highest BCUT2D eigenvalue weighted by molar-refractivity contribution is 7.99. The molecule has 108 valence electrons. The minimum atomic E-state index is -0.960. The Labute approximate surface area is 121 Å². The number of benzene rings is 1. The normalized spacial score (nSPS) is 19.9. The van der Waals surface area contributed by atoms with Crippen molar-refractivity contribution in [3.63, 3.8) is 0 Å². The second kappa shape index (κ2) is 6.76. The standard InChI is InChI=1S/C14H17NO4S/c1-10(19-7-11-5-3-2-4-6-11)13(16)15-9-20-8-12(15)14(17)18/h2-6,10,12H,7-9H2,1H3,(H,17,18)/t10?,12-/m0/s1. The minimum Gasteiger partial charge on any atom is -0.480 e. The van der Waals surface area contributed by atoms with E-state index in [4.69, 9.17) is 9.84 Å². The summed E-state index contributed by atoms with van der Waals surface area (Å²) in [5.41, 5.74) is 0.984. The second-order valence-corrected chi connectivity index (χ2v) is 5.60. The van der Waals surface area contributed by atoms with Crippen molar-refractivity contribution in [2.75, 3.05) is 11.6 Å². The van der Waals surface area contributed by atoms with Crippen LogP contribution < -0.4 is 0 Å². The third kappa shape index (κ3) is 3.52. The van der Waals surface area contributed by atoms with Crippen molar-refractivity contribution in [3.8, 4) is 0 Å². The Hall–Kier alpha value is -1.53. The van der Waals surface area contributed by atoms with E-state index in [0.717, 1.165) is 5.56 Å². The van der Waals surface area contributed by atoms with Crippen molar-refractivity contribution in [2.45, 2.75) is 25.7 Å². The van der Waals surface area contributed by atoms with Gasteiger partial charge in [0.2, 0.25) is 0 Å². The van der Waals surface area contributed by atoms with Crippen LogP contribution in [0.4, 0.5) is 0 Å². The first kappa shape index (κ1) is 14.9. The number of hydrogen-bond donors (Lipinski definition) is 1. The molecule has 1 N–H and O–H groups in total. The molecule has 0 aliphatic carbocycles. The lowest BCUT2D eigenvalue weighted by molar-refractivity contribution is -0.153. The summed E-state index contributed by atoms with van der Waals surface area (Å²) in [7, 11) is 0. The predicted octanol–water partition coefficient (Wildman–Crippen LogP) is 1.58. The number of aliphatic carboxylic acids is 1. The highest BCUT2D eigenvalue weighted by atomic mass is 32.2. The maximum atomic E-state index is 12.2. The lowest BCUT2D eigenvalue weighted by Crippen LogP contribution is -2.46. The first-order valence-corrected chi connectivity index (χ1v) is 7.51. The number of amides is 1. The Bertz CT molecular complexity index is 479. The SMILES string of the molecule is CC(OCc1ccccc1)C(=O)N1CSC[C@H]1C(=O)O. The van der Waals surface area contributed by atoms with Crippen LogP contribution in [0.1, 0.15) is 12.5 Å². The molecule has 0 radical (unpaired) electrons. The highest BCUT2D eigenvalue weighted by Gasteiger charge is 2.36. The van der Waals surface area contributed by atoms with Gasteiger partial charge in [0.15, 0.2) is 0 Å². The Morgan fingerprint density at radius 2 is 2.15 bits per heavy atom. The van der Waals surface area contributed by atoms with Crippen molar-refractivity contribution < 1.29 is 19.4 Å². The van der Waals surface area contributed by atoms with Crippen molar-refractivity contribution in [2.24, 2.45) is 0 Å². The smallest absolute Gasteiger partial charge is 0.327 e. The maximum absolute atomic E-state index is 12.2. The number of carboxylic acid groups (broad SMARTS) is 1. The molecule has 1 fully saturated rings. The average Bonchev–Trinajstić information content (AvgIpc) is 2.94. The molecule has 5 nitrogen and oxygen atoms in total. The van der Waals surface area contributed by atoms with Gasteiger partial charge in [0, 0.05) is 5.75 Å². The Morgan fingerprint density at radius 1 is 1.45 bits per heavy atom. The Balaban J connectivity index is 1.90. The number of ether oxygens (including phenoxy) is 1. The van der Waals surface area contributed by atoms with E-state index >= 15 is 0 Å². The molecule has 20 heavy (non-hydrogen) atoms. The van der Waals surface area contributed by atoms with Gasteiger partial charge in [-0.25, -0.2) is 4.79 Å². The molecule has 2 atom stereocenters. The molecule has 1 aromatic rings. The summed E-state index contributed by atoms with van der Waals surface area (Å²) in [6, 6.07) is 8.82. The van der Waals surface area contributed by atoms with E-state index in [9.17, 15) is 9.59 Å². The van der Waals surface area contributed by atoms with Crippen molar-refractivity contribution in [1.29, 1.82) is 0 Å². The average molecular weight is 295 g/mol. The summed E-state index contributed by atoms with van der Waals surface area (Å²) in [4.78, 5) is 24.7. The fourth-order valence-electron chi connectivity index (χ4n) is 1.96. The van der Waals surface area contributed by atoms with Gasteiger partial charge in [-0.15, -0.1) is 11.8 Å². The van der Waals surface area contributed by atoms with Crippen LogP contribution >= 0.6 is 11.8 Å². The van der Waals surface area contributed by atoms with E-state index in [0.29, 0.717) is 18.2 Å². The number of carbonyl (C=O) groups excluding carboxylic acids is 1. The van der Waals surface area contributed by atoms with E-state index in [1.165, 1.54) is 16.7 Å². The fraction of sp³-hybridized carbons (Fsp3) is 0.429. The molecule has 0 aromatic heterocycles. The summed E-state index contributed by atoms with van der Waals surface area (Å²) < 4.78 is 5.54. The molecule has 1 unspecified atom stereocenters. The first-order valence-electron chi connectivity index (χ1n) is 6.36. The molecule has 0 bridgehead atoms. The van der Waals surface area contributed by atoms with E-state index < -0.39 is 18.1 Å². The predicted molar refractivity (Wildman–Crippen MR) is 76.3 cm³/mol. The van der Waals surface area contributed by atoms with Crippen LogP contribution in [-0.2, 0) is 20.9 Å². The Morgan fingerprint density at radius 3 is 2.80 bits per heavy atom. The van der Waals surface area contributed by atoms with Crippen LogP contribution in [0.15, 0.2) is 30.3 Å². The minimum absolute atomic E-state index is 0.265. The van der Waals surface area contributed by atoms with Crippen LogP contribution in [0, 0.1) is 0 Å². The highest BCUT2D eigenvalue weighted by Crippen LogP contribution is 2.22. The number of carboxylic acids is 1. The molecule has 0 spiro atoms. The molecule has 1 heterocycles. The molecule has 1 amide bonds. The number of carbonyl (C=O) groups is 2. The summed E-state index contributed by atoms with van der Waals surface area (Å²) in [5.74, 6) is -0.377. The molecule has 1 saturated heterocycles. The second-order valence-electron chi connectivity index (χ2n) is 4.60. The van der Waals surface area contributed by atoms with Crippen LogP contribution in [-0.4, -0.2) is 45.7 Å². The first-order chi connectivity index (χ1) is 9.59. The maximum Gasteiger partial charge on any atom is 0.327 e. The largest absolute Gasteiger partial charge is 0.480 e. The van der Waals surface area contributed by atoms with Crippen LogP contribution in [0.3, 0.4) is 0 Å². The quantitative estimate of drug-likeness (QED) is 0.893. The van der Waals surface area contributed by atoms with Gasteiger partial charge in [-0.1, -0.05) is 30.3 Å². The van der Waals surface area contributed by atoms with E-state index in [-0.39, 0.29) is 5.91 Å². The van der Waals surface area contributed by atoms with Crippen molar-refractivity contribution in [3.05, 3.63) is 35.9 Å². The van der Waals surface area contributed by atoms with Crippen molar-refractivity contribution in [1.82, 2.24) is 4.90 Å². The van der Waals surface area contributed by atoms with Gasteiger partial charge < -0.3 is 14.7 Å². The lowest BCUT2D eigenvalue weighted by atomic mass is 10.2. The number of hydrogen-bond acceptors (Lipinski definition) is 4. The Kier molecular flexibility index (Phi) is 5.03. The van der Waals surface area contributed by atoms with Crippen LogP contribution in [0.2, 0.25) is 0 Å². The van der Waals surface area contributed by atoms with Crippen LogP contribution in [0.5, 0.6) is 0 Å². The van der Waals surface area contributed by atoms with Crippen LogP contribution in [0.25, 0.3) is 0 Å². The van der Waals surface area contributed by atoms with Gasteiger partial charge in [0.05, 0.1) is 12.5 Å². The molecular weight excluding hydrogens is 278 g/mol. The van der Waals surface area contributed by atoms with Gasteiger partial charge in [-0.3, -0.25) is 4.79 Å². The van der Waals surface area contributed by atoms with Gasteiger partial charge in [0.25, 0.3) is 5.91 Å². The molecular formula is C14H17NO4S. The van der Waals surface area contributed by atoms with E-state index in [1.54, 1.807) is 6.92 Å². The zero-order valence-corrected chi connectivity index (χ0v) is 12.0. The van der Waals surface area contributed by atoms with Gasteiger partial charge in [-0.05, 0) is 12.5 Å². The third-order valence-electron chi connectivity index (χ3n) is 3.14. The molecule has 6 heteroatoms. The van der Waals surface area contributed by atoms with E-state index in [1.807, 2.05) is 30.3 Å². The van der Waals surface area contributed by atoms with Crippen molar-refractivity contribution >= 4 is 23.6 Å². The molecule has 1 aromatic carbocycles. The molecule has 0 saturated carbocycles. The summed E-state index contributed by atoms with van der Waals surface area (Å²) in [5, 5.41) is 9.07.